The molecule has 19 heavy (non-hydrogen) atoms. The molecule has 0 aliphatic heterocycles. The number of carbonyl (C=O) groups excluding carboxylic acids is 1. The number of nitrogens with two attached hydrogens (primary N) is 1. The van der Waals surface area contributed by atoms with Gasteiger partial charge >= 0.3 is 5.97 Å². The van der Waals surface area contributed by atoms with E-state index in [0.717, 1.165) is 6.54 Å². The van der Waals surface area contributed by atoms with Gasteiger partial charge in [-0.2, -0.15) is 0 Å². The molecule has 0 aliphatic carbocycles. The zero-order valence-electron chi connectivity index (χ0n) is 12.1. The molecule has 0 bridgehead atoms. The molecule has 0 saturated heterocycles. The van der Waals surface area contributed by atoms with Crippen molar-refractivity contribution in [1.29, 1.82) is 0 Å². The summed E-state index contributed by atoms with van der Waals surface area (Å²) in [6, 6.07) is 1.64. The Bertz CT molecular complexity index is 433. The van der Waals surface area contributed by atoms with E-state index in [1.165, 1.54) is 6.20 Å². The van der Waals surface area contributed by atoms with Crippen molar-refractivity contribution in [3.8, 4) is 0 Å². The van der Waals surface area contributed by atoms with E-state index in [1.54, 1.807) is 13.0 Å². The van der Waals surface area contributed by atoms with Crippen LogP contribution < -0.4 is 11.1 Å². The lowest BCUT2D eigenvalue weighted by Gasteiger charge is -2.17. The molecule has 1 aromatic rings. The highest BCUT2D eigenvalue weighted by atomic mass is 16.5. The Kier molecular flexibility index (Phi) is 5.60. The molecule has 1 atom stereocenters. The van der Waals surface area contributed by atoms with Crippen LogP contribution in [0.15, 0.2) is 12.3 Å². The summed E-state index contributed by atoms with van der Waals surface area (Å²) in [5, 5.41) is 3.22. The normalized spacial score (nSPS) is 12.3. The zero-order valence-corrected chi connectivity index (χ0v) is 12.1. The van der Waals surface area contributed by atoms with Gasteiger partial charge in [0.2, 0.25) is 0 Å². The van der Waals surface area contributed by atoms with Crippen molar-refractivity contribution in [1.82, 2.24) is 4.98 Å². The first-order valence-corrected chi connectivity index (χ1v) is 6.62. The number of nitrogens with one attached hydrogen (secondary N) is 1. The maximum absolute atomic E-state index is 11.7. The second-order valence-corrected chi connectivity index (χ2v) is 4.98. The Labute approximate surface area is 114 Å². The van der Waals surface area contributed by atoms with Gasteiger partial charge in [0.15, 0.2) is 0 Å². The molecular formula is C14H23N3O2. The third kappa shape index (κ3) is 4.43. The maximum atomic E-state index is 11.7. The molecule has 106 valence electrons. The minimum absolute atomic E-state index is 0.327. The second kappa shape index (κ2) is 6.97. The fourth-order valence-electron chi connectivity index (χ4n) is 1.45. The van der Waals surface area contributed by atoms with Crippen molar-refractivity contribution >= 4 is 17.5 Å². The molecule has 1 unspecified atom stereocenters. The maximum Gasteiger partial charge on any atom is 0.340 e. The molecule has 0 fully saturated rings. The molecule has 0 saturated carbocycles. The summed E-state index contributed by atoms with van der Waals surface area (Å²) in [6.45, 7) is 9.41. The highest BCUT2D eigenvalue weighted by Gasteiger charge is 2.13. The van der Waals surface area contributed by atoms with Crippen LogP contribution in [0.4, 0.5) is 11.5 Å². The molecule has 0 aromatic carbocycles. The number of ether oxygens (including phenoxy) is 1. The Morgan fingerprint density at radius 2 is 2.16 bits per heavy atom. The number of anilines is 2. The minimum atomic E-state index is -0.414. The van der Waals surface area contributed by atoms with Crippen LogP contribution in [0.3, 0.4) is 0 Å². The van der Waals surface area contributed by atoms with Crippen LogP contribution in [0.2, 0.25) is 0 Å². The number of hydrogen-bond donors (Lipinski definition) is 2. The topological polar surface area (TPSA) is 77.2 Å². The van der Waals surface area contributed by atoms with Gasteiger partial charge in [-0.1, -0.05) is 20.8 Å². The highest BCUT2D eigenvalue weighted by molar-refractivity contribution is 5.95. The third-order valence-corrected chi connectivity index (χ3v) is 3.17. The fourth-order valence-corrected chi connectivity index (χ4v) is 1.45. The van der Waals surface area contributed by atoms with Crippen LogP contribution in [0.5, 0.6) is 0 Å². The van der Waals surface area contributed by atoms with Gasteiger partial charge in [0.1, 0.15) is 5.82 Å². The van der Waals surface area contributed by atoms with Gasteiger partial charge in [-0.05, 0) is 24.8 Å². The summed E-state index contributed by atoms with van der Waals surface area (Å²) >= 11 is 0. The SMILES string of the molecule is CCOC(=O)c1cc(NCC(C)C(C)C)ncc1N. The smallest absolute Gasteiger partial charge is 0.340 e. The average Bonchev–Trinajstić information content (AvgIpc) is 2.37. The van der Waals surface area contributed by atoms with E-state index in [1.807, 2.05) is 0 Å². The predicted molar refractivity (Wildman–Crippen MR) is 77.1 cm³/mol. The highest BCUT2D eigenvalue weighted by Crippen LogP contribution is 2.17. The summed E-state index contributed by atoms with van der Waals surface area (Å²) < 4.78 is 4.95. The predicted octanol–water partition coefficient (Wildman–Crippen LogP) is 2.54. The molecule has 0 aliphatic rings. The molecular weight excluding hydrogens is 242 g/mol. The van der Waals surface area contributed by atoms with Crippen LogP contribution in [0.25, 0.3) is 0 Å². The van der Waals surface area contributed by atoms with E-state index in [9.17, 15) is 4.79 Å². The van der Waals surface area contributed by atoms with Gasteiger partial charge in [-0.15, -0.1) is 0 Å². The van der Waals surface area contributed by atoms with Crippen molar-refractivity contribution in [3.63, 3.8) is 0 Å². The number of nitrogen functional groups attached to an aromatic ring is 1. The lowest BCUT2D eigenvalue weighted by atomic mass is 9.98. The van der Waals surface area contributed by atoms with E-state index in [0.29, 0.717) is 35.5 Å². The first-order valence-electron chi connectivity index (χ1n) is 6.62. The quantitative estimate of drug-likeness (QED) is 0.773. The number of rotatable bonds is 6. The van der Waals surface area contributed by atoms with E-state index in [4.69, 9.17) is 10.5 Å². The summed E-state index contributed by atoms with van der Waals surface area (Å²) in [5.41, 5.74) is 6.43. The van der Waals surface area contributed by atoms with Gasteiger partial charge in [0.25, 0.3) is 0 Å². The van der Waals surface area contributed by atoms with Gasteiger partial charge in [-0.25, -0.2) is 9.78 Å². The molecule has 1 heterocycles. The van der Waals surface area contributed by atoms with E-state index < -0.39 is 5.97 Å². The van der Waals surface area contributed by atoms with Crippen molar-refractivity contribution in [2.24, 2.45) is 11.8 Å². The van der Waals surface area contributed by atoms with E-state index in [-0.39, 0.29) is 0 Å². The van der Waals surface area contributed by atoms with Crippen molar-refractivity contribution < 1.29 is 9.53 Å². The third-order valence-electron chi connectivity index (χ3n) is 3.17. The van der Waals surface area contributed by atoms with Gasteiger partial charge < -0.3 is 15.8 Å². The Hall–Kier alpha value is -1.78. The molecule has 0 radical (unpaired) electrons. The number of nitrogens with zero attached hydrogens (tertiary/aromatic N) is 1. The Morgan fingerprint density at radius 3 is 2.74 bits per heavy atom. The standard InChI is InChI=1S/C14H23N3O2/c1-5-19-14(18)11-6-13(17-8-12(11)15)16-7-10(4)9(2)3/h6,8-10H,5,7,15H2,1-4H3,(H,16,17). The lowest BCUT2D eigenvalue weighted by Crippen LogP contribution is -2.17. The number of aromatic nitrogens is 1. The molecule has 1 aromatic heterocycles. The molecule has 0 amide bonds. The van der Waals surface area contributed by atoms with Gasteiger partial charge in [-0.3, -0.25) is 0 Å². The summed E-state index contributed by atoms with van der Waals surface area (Å²) in [5.74, 6) is 1.34. The van der Waals surface area contributed by atoms with Crippen LogP contribution in [0.1, 0.15) is 38.1 Å². The Morgan fingerprint density at radius 1 is 1.47 bits per heavy atom. The Balaban J connectivity index is 2.76. The van der Waals surface area contributed by atoms with Crippen LogP contribution in [-0.2, 0) is 4.74 Å². The second-order valence-electron chi connectivity index (χ2n) is 4.98. The largest absolute Gasteiger partial charge is 0.462 e. The average molecular weight is 265 g/mol. The fraction of sp³-hybridized carbons (Fsp3) is 0.571. The summed E-state index contributed by atoms with van der Waals surface area (Å²) in [4.78, 5) is 15.9. The lowest BCUT2D eigenvalue weighted by molar-refractivity contribution is 0.0527. The van der Waals surface area contributed by atoms with Crippen molar-refractivity contribution in [2.75, 3.05) is 24.2 Å². The monoisotopic (exact) mass is 265 g/mol. The summed E-state index contributed by atoms with van der Waals surface area (Å²) in [7, 11) is 0. The molecule has 5 heteroatoms. The zero-order chi connectivity index (χ0) is 14.4. The van der Waals surface area contributed by atoms with Crippen LogP contribution in [0, 0.1) is 11.8 Å². The first-order chi connectivity index (χ1) is 8.95. The van der Waals surface area contributed by atoms with Crippen molar-refractivity contribution in [2.45, 2.75) is 27.7 Å². The molecule has 3 N–H and O–H groups in total. The number of esters is 1. The van der Waals surface area contributed by atoms with E-state index in [2.05, 4.69) is 31.1 Å². The number of hydrogen-bond acceptors (Lipinski definition) is 5. The van der Waals surface area contributed by atoms with Crippen molar-refractivity contribution in [3.05, 3.63) is 17.8 Å². The molecule has 0 spiro atoms. The first kappa shape index (κ1) is 15.3. The van der Waals surface area contributed by atoms with E-state index >= 15 is 0 Å². The number of carbonyl (C=O) groups is 1. The van der Waals surface area contributed by atoms with Gasteiger partial charge in [0, 0.05) is 6.54 Å². The summed E-state index contributed by atoms with van der Waals surface area (Å²) in [6.07, 6.45) is 1.48. The van der Waals surface area contributed by atoms with Crippen LogP contribution in [-0.4, -0.2) is 24.1 Å². The molecule has 5 nitrogen and oxygen atoms in total. The molecule has 1 rings (SSSR count). The van der Waals surface area contributed by atoms with Gasteiger partial charge in [0.05, 0.1) is 24.1 Å². The number of pyridine rings is 1. The van der Waals surface area contributed by atoms with Crippen LogP contribution >= 0.6 is 0 Å². The minimum Gasteiger partial charge on any atom is -0.462 e.